The maximum absolute atomic E-state index is 4.37. The summed E-state index contributed by atoms with van der Waals surface area (Å²) < 4.78 is 2.10. The summed E-state index contributed by atoms with van der Waals surface area (Å²) in [4.78, 5) is 0. The van der Waals surface area contributed by atoms with E-state index in [4.69, 9.17) is 0 Å². The van der Waals surface area contributed by atoms with E-state index >= 15 is 0 Å². The van der Waals surface area contributed by atoms with Crippen LogP contribution in [-0.4, -0.2) is 16.3 Å². The van der Waals surface area contributed by atoms with Gasteiger partial charge in [0.1, 0.15) is 0 Å². The van der Waals surface area contributed by atoms with Gasteiger partial charge in [0.15, 0.2) is 0 Å². The Kier molecular flexibility index (Phi) is 6.27. The van der Waals surface area contributed by atoms with Crippen LogP contribution in [0.3, 0.4) is 0 Å². The molecule has 0 bridgehead atoms. The second-order valence-electron chi connectivity index (χ2n) is 5.05. The van der Waals surface area contributed by atoms with Gasteiger partial charge in [-0.1, -0.05) is 20.8 Å². The lowest BCUT2D eigenvalue weighted by Gasteiger charge is -2.20. The van der Waals surface area contributed by atoms with Crippen molar-refractivity contribution in [3.8, 4) is 0 Å². The van der Waals surface area contributed by atoms with Crippen molar-refractivity contribution in [1.29, 1.82) is 0 Å². The Balaban J connectivity index is 2.67. The second kappa shape index (κ2) is 7.49. The molecule has 0 fully saturated rings. The summed E-state index contributed by atoms with van der Waals surface area (Å²) in [5, 5.41) is 8.01. The molecule has 0 saturated carbocycles. The highest BCUT2D eigenvalue weighted by Gasteiger charge is 2.15. The number of rotatable bonds is 8. The van der Waals surface area contributed by atoms with Crippen LogP contribution in [0.5, 0.6) is 0 Å². The van der Waals surface area contributed by atoms with Crippen molar-refractivity contribution in [2.45, 2.75) is 59.5 Å². The summed E-state index contributed by atoms with van der Waals surface area (Å²) in [6.07, 6.45) is 5.55. The summed E-state index contributed by atoms with van der Waals surface area (Å²) in [5.41, 5.74) is 1.33. The molecule has 0 saturated heterocycles. The number of aromatic nitrogens is 2. The summed E-state index contributed by atoms with van der Waals surface area (Å²) >= 11 is 0. The van der Waals surface area contributed by atoms with E-state index in [1.165, 1.54) is 25.0 Å². The Morgan fingerprint density at radius 3 is 2.65 bits per heavy atom. The second-order valence-corrected chi connectivity index (χ2v) is 5.05. The van der Waals surface area contributed by atoms with Crippen LogP contribution in [0.15, 0.2) is 12.3 Å². The van der Waals surface area contributed by atoms with Crippen LogP contribution in [0.1, 0.15) is 58.7 Å². The predicted octanol–water partition coefficient (Wildman–Crippen LogP) is 3.38. The van der Waals surface area contributed by atoms with Gasteiger partial charge in [0.05, 0.1) is 5.69 Å². The molecule has 1 unspecified atom stereocenters. The van der Waals surface area contributed by atoms with Gasteiger partial charge in [0.25, 0.3) is 0 Å². The fraction of sp³-hybridized carbons (Fsp3) is 0.786. The first-order valence-corrected chi connectivity index (χ1v) is 6.94. The summed E-state index contributed by atoms with van der Waals surface area (Å²) in [6, 6.07) is 2.61. The molecule has 1 N–H and O–H groups in total. The Hall–Kier alpha value is -0.830. The topological polar surface area (TPSA) is 29.9 Å². The van der Waals surface area contributed by atoms with Crippen molar-refractivity contribution in [1.82, 2.24) is 15.1 Å². The standard InChI is InChI=1S/C14H27N3/c1-5-10-15-13(8-7-12(3)4)14-9-11-16-17(14)6-2/h9,11-13,15H,5-8,10H2,1-4H3. The molecule has 1 rings (SSSR count). The third-order valence-electron chi connectivity index (χ3n) is 3.08. The molecule has 3 heteroatoms. The van der Waals surface area contributed by atoms with Gasteiger partial charge in [0, 0.05) is 18.8 Å². The molecule has 1 atom stereocenters. The number of hydrogen-bond donors (Lipinski definition) is 1. The molecule has 0 amide bonds. The third kappa shape index (κ3) is 4.50. The summed E-state index contributed by atoms with van der Waals surface area (Å²) in [7, 11) is 0. The van der Waals surface area contributed by atoms with Gasteiger partial charge in [-0.15, -0.1) is 0 Å². The molecule has 1 heterocycles. The minimum absolute atomic E-state index is 0.458. The Morgan fingerprint density at radius 1 is 1.29 bits per heavy atom. The largest absolute Gasteiger partial charge is 0.309 e. The van der Waals surface area contributed by atoms with Crippen LogP contribution in [0.2, 0.25) is 0 Å². The van der Waals surface area contributed by atoms with Crippen LogP contribution < -0.4 is 5.32 Å². The minimum atomic E-state index is 0.458. The van der Waals surface area contributed by atoms with Gasteiger partial charge in [-0.3, -0.25) is 4.68 Å². The third-order valence-corrected chi connectivity index (χ3v) is 3.08. The number of aryl methyl sites for hydroxylation is 1. The van der Waals surface area contributed by atoms with Crippen molar-refractivity contribution in [2.24, 2.45) is 5.92 Å². The van der Waals surface area contributed by atoms with Crippen LogP contribution in [-0.2, 0) is 6.54 Å². The van der Waals surface area contributed by atoms with Crippen LogP contribution in [0.4, 0.5) is 0 Å². The average Bonchev–Trinajstić information content (AvgIpc) is 2.77. The number of nitrogens with one attached hydrogen (secondary N) is 1. The molecule has 0 aliphatic rings. The first kappa shape index (κ1) is 14.2. The zero-order valence-corrected chi connectivity index (χ0v) is 11.7. The molecular weight excluding hydrogens is 210 g/mol. The van der Waals surface area contributed by atoms with Crippen molar-refractivity contribution in [2.75, 3.05) is 6.54 Å². The average molecular weight is 237 g/mol. The molecule has 1 aromatic rings. The van der Waals surface area contributed by atoms with Crippen LogP contribution in [0, 0.1) is 5.92 Å². The molecule has 0 aromatic carbocycles. The van der Waals surface area contributed by atoms with Gasteiger partial charge >= 0.3 is 0 Å². The van der Waals surface area contributed by atoms with E-state index in [-0.39, 0.29) is 0 Å². The highest BCUT2D eigenvalue weighted by atomic mass is 15.3. The lowest BCUT2D eigenvalue weighted by atomic mass is 10.0. The molecule has 0 radical (unpaired) electrons. The number of hydrogen-bond acceptors (Lipinski definition) is 2. The van der Waals surface area contributed by atoms with Crippen molar-refractivity contribution < 1.29 is 0 Å². The Morgan fingerprint density at radius 2 is 2.06 bits per heavy atom. The highest BCUT2D eigenvalue weighted by Crippen LogP contribution is 2.20. The van der Waals surface area contributed by atoms with E-state index in [2.05, 4.69) is 48.9 Å². The van der Waals surface area contributed by atoms with E-state index in [0.717, 1.165) is 19.0 Å². The van der Waals surface area contributed by atoms with Crippen molar-refractivity contribution in [3.63, 3.8) is 0 Å². The SMILES string of the molecule is CCCNC(CCC(C)C)c1ccnn1CC. The molecule has 1 aromatic heterocycles. The maximum atomic E-state index is 4.37. The van der Waals surface area contributed by atoms with Gasteiger partial charge in [-0.05, 0) is 44.7 Å². The van der Waals surface area contributed by atoms with E-state index in [0.29, 0.717) is 6.04 Å². The Bertz CT molecular complexity index is 304. The zero-order valence-electron chi connectivity index (χ0n) is 11.7. The van der Waals surface area contributed by atoms with Gasteiger partial charge in [-0.2, -0.15) is 5.10 Å². The molecule has 17 heavy (non-hydrogen) atoms. The summed E-state index contributed by atoms with van der Waals surface area (Å²) in [6.45, 7) is 11.0. The molecule has 0 spiro atoms. The smallest absolute Gasteiger partial charge is 0.0553 e. The molecule has 0 aliphatic heterocycles. The quantitative estimate of drug-likeness (QED) is 0.751. The van der Waals surface area contributed by atoms with E-state index in [9.17, 15) is 0 Å². The Labute approximate surface area is 106 Å². The van der Waals surface area contributed by atoms with E-state index in [1.807, 2.05) is 6.20 Å². The van der Waals surface area contributed by atoms with Gasteiger partial charge < -0.3 is 5.32 Å². The minimum Gasteiger partial charge on any atom is -0.309 e. The molecule has 3 nitrogen and oxygen atoms in total. The zero-order chi connectivity index (χ0) is 12.7. The lowest BCUT2D eigenvalue weighted by molar-refractivity contribution is 0.415. The first-order chi connectivity index (χ1) is 8.19. The van der Waals surface area contributed by atoms with E-state index in [1.54, 1.807) is 0 Å². The molecule has 0 aliphatic carbocycles. The fourth-order valence-electron chi connectivity index (χ4n) is 2.08. The lowest BCUT2D eigenvalue weighted by Crippen LogP contribution is -2.25. The van der Waals surface area contributed by atoms with Crippen molar-refractivity contribution >= 4 is 0 Å². The van der Waals surface area contributed by atoms with Crippen molar-refractivity contribution in [3.05, 3.63) is 18.0 Å². The molecule has 98 valence electrons. The maximum Gasteiger partial charge on any atom is 0.0553 e. The normalized spacial score (nSPS) is 13.2. The van der Waals surface area contributed by atoms with E-state index < -0.39 is 0 Å². The van der Waals surface area contributed by atoms with Crippen LogP contribution >= 0.6 is 0 Å². The van der Waals surface area contributed by atoms with Gasteiger partial charge in [-0.25, -0.2) is 0 Å². The monoisotopic (exact) mass is 237 g/mol. The van der Waals surface area contributed by atoms with Gasteiger partial charge in [0.2, 0.25) is 0 Å². The number of nitrogens with zero attached hydrogens (tertiary/aromatic N) is 2. The summed E-state index contributed by atoms with van der Waals surface area (Å²) in [5.74, 6) is 0.763. The molecular formula is C14H27N3. The first-order valence-electron chi connectivity index (χ1n) is 6.94. The predicted molar refractivity (Wildman–Crippen MR) is 73.0 cm³/mol. The highest BCUT2D eigenvalue weighted by molar-refractivity contribution is 5.07. The van der Waals surface area contributed by atoms with Crippen LogP contribution in [0.25, 0.3) is 0 Å². The fourth-order valence-corrected chi connectivity index (χ4v) is 2.08.